The predicted molar refractivity (Wildman–Crippen MR) is 102 cm³/mol. The maximum atomic E-state index is 11.6. The molecule has 0 aliphatic carbocycles. The van der Waals surface area contributed by atoms with Crippen molar-refractivity contribution < 1.29 is 19.0 Å². The molecule has 25 heavy (non-hydrogen) atoms. The quantitative estimate of drug-likeness (QED) is 0.521. The number of methoxy groups -OCH3 is 1. The third-order valence-corrected chi connectivity index (χ3v) is 3.96. The normalized spacial score (nSPS) is 13.0. The van der Waals surface area contributed by atoms with Gasteiger partial charge in [0.1, 0.15) is 0 Å². The summed E-state index contributed by atoms with van der Waals surface area (Å²) in [6.07, 6.45) is 2.08. The van der Waals surface area contributed by atoms with E-state index in [2.05, 4.69) is 45.3 Å². The van der Waals surface area contributed by atoms with E-state index in [1.54, 1.807) is 7.11 Å². The van der Waals surface area contributed by atoms with Crippen LogP contribution in [0.15, 0.2) is 0 Å². The van der Waals surface area contributed by atoms with Crippen molar-refractivity contribution in [3.05, 3.63) is 0 Å². The van der Waals surface area contributed by atoms with Crippen LogP contribution in [0.2, 0.25) is 0 Å². The summed E-state index contributed by atoms with van der Waals surface area (Å²) in [7, 11) is 1.71. The summed E-state index contributed by atoms with van der Waals surface area (Å²) in [5.41, 5.74) is -0.352. The van der Waals surface area contributed by atoms with Crippen molar-refractivity contribution in [2.24, 2.45) is 0 Å². The number of alkyl carbamates (subject to hydrolysis) is 1. The Hall–Kier alpha value is -0.850. The number of hydrogen-bond donors (Lipinski definition) is 2. The van der Waals surface area contributed by atoms with Gasteiger partial charge >= 0.3 is 6.09 Å². The van der Waals surface area contributed by atoms with Gasteiger partial charge in [0, 0.05) is 25.7 Å². The van der Waals surface area contributed by atoms with Crippen molar-refractivity contribution in [3.63, 3.8) is 0 Å². The fourth-order valence-corrected chi connectivity index (χ4v) is 2.06. The van der Waals surface area contributed by atoms with Gasteiger partial charge in [-0.2, -0.15) is 0 Å². The van der Waals surface area contributed by atoms with Gasteiger partial charge in [-0.15, -0.1) is 0 Å². The van der Waals surface area contributed by atoms with Gasteiger partial charge in [-0.3, -0.25) is 0 Å². The van der Waals surface area contributed by atoms with E-state index in [0.29, 0.717) is 19.8 Å². The summed E-state index contributed by atoms with van der Waals surface area (Å²) in [4.78, 5) is 11.6. The second kappa shape index (κ2) is 11.0. The summed E-state index contributed by atoms with van der Waals surface area (Å²) in [5, 5.41) is 6.04. The van der Waals surface area contributed by atoms with Gasteiger partial charge in [0.15, 0.2) is 0 Å². The average Bonchev–Trinajstić information content (AvgIpc) is 2.47. The smallest absolute Gasteiger partial charge is 0.407 e. The lowest BCUT2D eigenvalue weighted by Crippen LogP contribution is -2.41. The Morgan fingerprint density at radius 1 is 0.880 bits per heavy atom. The van der Waals surface area contributed by atoms with Crippen LogP contribution in [0.3, 0.4) is 0 Å². The van der Waals surface area contributed by atoms with E-state index < -0.39 is 0 Å². The van der Waals surface area contributed by atoms with Crippen LogP contribution in [0.1, 0.15) is 67.7 Å². The second-order valence-corrected chi connectivity index (χ2v) is 8.66. The minimum absolute atomic E-state index is 0.0512. The number of ether oxygens (including phenoxy) is 3. The Balaban J connectivity index is 3.75. The molecular formula is C19H40N2O4. The Morgan fingerprint density at radius 3 is 2.08 bits per heavy atom. The summed E-state index contributed by atoms with van der Waals surface area (Å²) in [6, 6.07) is 0. The molecule has 0 saturated carbocycles. The van der Waals surface area contributed by atoms with Crippen LogP contribution in [0, 0.1) is 0 Å². The monoisotopic (exact) mass is 360 g/mol. The average molecular weight is 361 g/mol. The SMILES string of the molecule is COC(C)(C)CCOC(C)(C)CCCOC(=O)NCCNC(C)(C)C. The van der Waals surface area contributed by atoms with Crippen LogP contribution < -0.4 is 10.6 Å². The largest absolute Gasteiger partial charge is 0.450 e. The lowest BCUT2D eigenvalue weighted by molar-refractivity contribution is -0.0630. The number of hydrogen-bond acceptors (Lipinski definition) is 5. The van der Waals surface area contributed by atoms with E-state index in [1.165, 1.54) is 0 Å². The number of carbonyl (C=O) groups excluding carboxylic acids is 1. The van der Waals surface area contributed by atoms with Crippen LogP contribution >= 0.6 is 0 Å². The number of carbonyl (C=O) groups is 1. The number of amides is 1. The molecule has 0 aromatic heterocycles. The Labute approximate surface area is 154 Å². The van der Waals surface area contributed by atoms with Gasteiger partial charge in [0.2, 0.25) is 0 Å². The van der Waals surface area contributed by atoms with Gasteiger partial charge < -0.3 is 24.8 Å². The molecule has 0 saturated heterocycles. The van der Waals surface area contributed by atoms with E-state index >= 15 is 0 Å². The summed E-state index contributed by atoms with van der Waals surface area (Å²) >= 11 is 0. The summed E-state index contributed by atoms with van der Waals surface area (Å²) < 4.78 is 16.5. The predicted octanol–water partition coefficient (Wildman–Crippen LogP) is 3.49. The number of rotatable bonds is 12. The molecule has 2 N–H and O–H groups in total. The Morgan fingerprint density at radius 2 is 1.52 bits per heavy atom. The molecule has 0 aliphatic heterocycles. The molecule has 6 nitrogen and oxygen atoms in total. The highest BCUT2D eigenvalue weighted by Crippen LogP contribution is 2.20. The molecule has 0 spiro atoms. The van der Waals surface area contributed by atoms with Crippen LogP contribution in [0.5, 0.6) is 0 Å². The third-order valence-electron chi connectivity index (χ3n) is 3.96. The first-order chi connectivity index (χ1) is 11.4. The molecule has 0 bridgehead atoms. The zero-order valence-electron chi connectivity index (χ0n) is 17.6. The minimum atomic E-state index is -0.365. The lowest BCUT2D eigenvalue weighted by Gasteiger charge is -2.28. The molecule has 0 radical (unpaired) electrons. The van der Waals surface area contributed by atoms with Crippen molar-refractivity contribution in [2.45, 2.75) is 84.5 Å². The van der Waals surface area contributed by atoms with E-state index in [1.807, 2.05) is 13.8 Å². The molecule has 0 rings (SSSR count). The minimum Gasteiger partial charge on any atom is -0.450 e. The van der Waals surface area contributed by atoms with E-state index in [4.69, 9.17) is 14.2 Å². The molecule has 6 heteroatoms. The van der Waals surface area contributed by atoms with Crippen molar-refractivity contribution in [1.29, 1.82) is 0 Å². The molecule has 150 valence electrons. The van der Waals surface area contributed by atoms with Crippen molar-refractivity contribution in [3.8, 4) is 0 Å². The molecule has 0 atom stereocenters. The van der Waals surface area contributed by atoms with Gasteiger partial charge in [0.25, 0.3) is 0 Å². The summed E-state index contributed by atoms with van der Waals surface area (Å²) in [5.74, 6) is 0. The fourth-order valence-electron chi connectivity index (χ4n) is 2.06. The molecule has 0 fully saturated rings. The first kappa shape index (κ1) is 24.1. The highest BCUT2D eigenvalue weighted by atomic mass is 16.5. The van der Waals surface area contributed by atoms with Gasteiger partial charge in [0.05, 0.1) is 24.4 Å². The maximum absolute atomic E-state index is 11.6. The Kier molecular flexibility index (Phi) is 10.6. The summed E-state index contributed by atoms with van der Waals surface area (Å²) in [6.45, 7) is 16.8. The molecule has 0 unspecified atom stereocenters. The highest BCUT2D eigenvalue weighted by molar-refractivity contribution is 5.67. The zero-order valence-corrected chi connectivity index (χ0v) is 17.6. The second-order valence-electron chi connectivity index (χ2n) is 8.66. The van der Waals surface area contributed by atoms with E-state index in [9.17, 15) is 4.79 Å². The van der Waals surface area contributed by atoms with Crippen molar-refractivity contribution >= 4 is 6.09 Å². The Bertz CT molecular complexity index is 376. The van der Waals surface area contributed by atoms with Crippen LogP contribution in [0.4, 0.5) is 4.79 Å². The molecule has 0 aromatic rings. The first-order valence-corrected chi connectivity index (χ1v) is 9.22. The molecule has 1 amide bonds. The first-order valence-electron chi connectivity index (χ1n) is 9.22. The molecule has 0 heterocycles. The van der Waals surface area contributed by atoms with Crippen LogP contribution in [-0.2, 0) is 14.2 Å². The van der Waals surface area contributed by atoms with Crippen LogP contribution in [0.25, 0.3) is 0 Å². The molecule has 0 aromatic carbocycles. The van der Waals surface area contributed by atoms with Crippen molar-refractivity contribution in [2.75, 3.05) is 33.4 Å². The third kappa shape index (κ3) is 15.1. The molecular weight excluding hydrogens is 320 g/mol. The van der Waals surface area contributed by atoms with E-state index in [0.717, 1.165) is 25.8 Å². The van der Waals surface area contributed by atoms with Crippen LogP contribution in [-0.4, -0.2) is 56.2 Å². The zero-order chi connectivity index (χ0) is 19.6. The van der Waals surface area contributed by atoms with E-state index in [-0.39, 0.29) is 22.8 Å². The van der Waals surface area contributed by atoms with Crippen molar-refractivity contribution in [1.82, 2.24) is 10.6 Å². The lowest BCUT2D eigenvalue weighted by atomic mass is 10.0. The molecule has 0 aliphatic rings. The number of nitrogens with one attached hydrogen (secondary N) is 2. The van der Waals surface area contributed by atoms with Gasteiger partial charge in [-0.25, -0.2) is 4.79 Å². The fraction of sp³-hybridized carbons (Fsp3) is 0.947. The highest BCUT2D eigenvalue weighted by Gasteiger charge is 2.21. The van der Waals surface area contributed by atoms with Gasteiger partial charge in [-0.05, 0) is 67.7 Å². The standard InChI is InChI=1S/C19H40N2O4/c1-17(2,3)21-13-12-20-16(22)24-14-9-10-19(6,7)25-15-11-18(4,5)23-8/h21H,9-15H2,1-8H3,(H,20,22). The maximum Gasteiger partial charge on any atom is 0.407 e. The van der Waals surface area contributed by atoms with Gasteiger partial charge in [-0.1, -0.05) is 0 Å². The topological polar surface area (TPSA) is 68.8 Å².